The molecule has 1 saturated carbocycles. The Morgan fingerprint density at radius 3 is 2.22 bits per heavy atom. The lowest BCUT2D eigenvalue weighted by molar-refractivity contribution is -0.134. The Morgan fingerprint density at radius 2 is 1.72 bits per heavy atom. The minimum atomic E-state index is -3.66. The number of amides is 1. The Balaban J connectivity index is 2.40. The maximum absolute atomic E-state index is 11.9. The van der Waals surface area contributed by atoms with E-state index in [-0.39, 0.29) is 25.0 Å². The van der Waals surface area contributed by atoms with E-state index in [0.29, 0.717) is 0 Å². The van der Waals surface area contributed by atoms with Crippen LogP contribution in [-0.2, 0) is 23.0 Å². The summed E-state index contributed by atoms with van der Waals surface area (Å²) in [6.07, 6.45) is 4.96. The number of hydrogen-bond donors (Lipinski definition) is 1. The van der Waals surface area contributed by atoms with Gasteiger partial charge in [0.2, 0.25) is 5.91 Å². The van der Waals surface area contributed by atoms with Crippen LogP contribution in [0.5, 0.6) is 0 Å². The summed E-state index contributed by atoms with van der Waals surface area (Å²) < 4.78 is 26.6. The molecule has 0 spiro atoms. The van der Waals surface area contributed by atoms with E-state index < -0.39 is 7.82 Å². The summed E-state index contributed by atoms with van der Waals surface area (Å²) in [6, 6.07) is 0. The van der Waals surface area contributed by atoms with Gasteiger partial charge < -0.3 is 0 Å². The monoisotopic (exact) mass is 279 g/mol. The van der Waals surface area contributed by atoms with Crippen molar-refractivity contribution in [2.75, 3.05) is 13.2 Å². The highest BCUT2D eigenvalue weighted by Gasteiger charge is 2.29. The van der Waals surface area contributed by atoms with Gasteiger partial charge >= 0.3 is 7.82 Å². The predicted octanol–water partition coefficient (Wildman–Crippen LogP) is 2.80. The van der Waals surface area contributed by atoms with E-state index in [1.807, 2.05) is 0 Å². The van der Waals surface area contributed by atoms with Crippen molar-refractivity contribution in [3.05, 3.63) is 0 Å². The smallest absolute Gasteiger partial charge is 0.286 e. The van der Waals surface area contributed by atoms with E-state index in [1.54, 1.807) is 13.8 Å². The first-order valence-electron chi connectivity index (χ1n) is 6.49. The summed E-state index contributed by atoms with van der Waals surface area (Å²) in [7, 11) is -3.66. The van der Waals surface area contributed by atoms with E-state index in [9.17, 15) is 9.36 Å². The Morgan fingerprint density at radius 1 is 1.17 bits per heavy atom. The van der Waals surface area contributed by atoms with Crippen molar-refractivity contribution in [1.82, 2.24) is 5.48 Å². The maximum atomic E-state index is 11.9. The average Bonchev–Trinajstić information content (AvgIpc) is 2.38. The average molecular weight is 279 g/mol. The van der Waals surface area contributed by atoms with Crippen LogP contribution < -0.4 is 5.48 Å². The molecule has 1 amide bonds. The first kappa shape index (κ1) is 15.6. The molecule has 1 rings (SSSR count). The van der Waals surface area contributed by atoms with Crippen molar-refractivity contribution in [3.63, 3.8) is 0 Å². The highest BCUT2D eigenvalue weighted by atomic mass is 31.2. The molecule has 7 heteroatoms. The summed E-state index contributed by atoms with van der Waals surface area (Å²) in [5.41, 5.74) is 2.21. The van der Waals surface area contributed by atoms with Gasteiger partial charge in [0.15, 0.2) is 0 Å². The minimum Gasteiger partial charge on any atom is -0.286 e. The maximum Gasteiger partial charge on any atom is 0.496 e. The number of carbonyl (C=O) groups is 1. The van der Waals surface area contributed by atoms with Crippen LogP contribution in [0.2, 0.25) is 0 Å². The van der Waals surface area contributed by atoms with Crippen LogP contribution in [0, 0.1) is 5.92 Å². The van der Waals surface area contributed by atoms with E-state index in [4.69, 9.17) is 13.7 Å². The number of carbonyl (C=O) groups excluding carboxylic acids is 1. The molecule has 0 aromatic carbocycles. The summed E-state index contributed by atoms with van der Waals surface area (Å²) in [4.78, 5) is 11.8. The third-order valence-electron chi connectivity index (χ3n) is 2.81. The van der Waals surface area contributed by atoms with Gasteiger partial charge in [0.05, 0.1) is 13.2 Å². The SMILES string of the molecule is CCOP(=O)(OCC)ONC(=O)C1CCCCC1. The molecule has 0 atom stereocenters. The van der Waals surface area contributed by atoms with Crippen LogP contribution >= 0.6 is 7.82 Å². The van der Waals surface area contributed by atoms with Crippen molar-refractivity contribution in [3.8, 4) is 0 Å². The quantitative estimate of drug-likeness (QED) is 0.573. The van der Waals surface area contributed by atoms with Crippen LogP contribution in [0.4, 0.5) is 0 Å². The van der Waals surface area contributed by atoms with Crippen molar-refractivity contribution in [1.29, 1.82) is 0 Å². The second-order valence-corrected chi connectivity index (χ2v) is 5.77. The van der Waals surface area contributed by atoms with Gasteiger partial charge in [-0.05, 0) is 26.7 Å². The van der Waals surface area contributed by atoms with Gasteiger partial charge in [-0.2, -0.15) is 4.62 Å². The van der Waals surface area contributed by atoms with Crippen molar-refractivity contribution in [2.24, 2.45) is 5.92 Å². The molecule has 0 aromatic heterocycles. The van der Waals surface area contributed by atoms with Crippen molar-refractivity contribution < 1.29 is 23.0 Å². The Hall–Kier alpha value is -0.420. The highest BCUT2D eigenvalue weighted by Crippen LogP contribution is 2.48. The third-order valence-corrected chi connectivity index (χ3v) is 4.27. The number of nitrogens with one attached hydrogen (secondary N) is 1. The van der Waals surface area contributed by atoms with Crippen LogP contribution in [0.15, 0.2) is 0 Å². The number of hydrogen-bond acceptors (Lipinski definition) is 5. The topological polar surface area (TPSA) is 73.9 Å². The second-order valence-electron chi connectivity index (χ2n) is 4.18. The van der Waals surface area contributed by atoms with Gasteiger partial charge in [-0.25, -0.2) is 10.0 Å². The first-order valence-corrected chi connectivity index (χ1v) is 7.95. The summed E-state index contributed by atoms with van der Waals surface area (Å²) in [6.45, 7) is 3.74. The van der Waals surface area contributed by atoms with E-state index >= 15 is 0 Å². The van der Waals surface area contributed by atoms with Gasteiger partial charge in [-0.3, -0.25) is 13.8 Å². The van der Waals surface area contributed by atoms with Gasteiger partial charge in [0.1, 0.15) is 0 Å². The van der Waals surface area contributed by atoms with E-state index in [0.717, 1.165) is 25.7 Å². The fraction of sp³-hybridized carbons (Fsp3) is 0.909. The number of phosphoric acid groups is 1. The largest absolute Gasteiger partial charge is 0.496 e. The van der Waals surface area contributed by atoms with Crippen LogP contribution in [0.25, 0.3) is 0 Å². The minimum absolute atomic E-state index is 0.0598. The molecule has 0 aliphatic heterocycles. The lowest BCUT2D eigenvalue weighted by Gasteiger charge is -2.22. The number of rotatable bonds is 7. The molecule has 1 aliphatic rings. The molecule has 0 bridgehead atoms. The number of phosphoric ester groups is 1. The Bertz CT molecular complexity index is 294. The molecule has 6 nitrogen and oxygen atoms in total. The molecule has 1 N–H and O–H groups in total. The Labute approximate surface area is 108 Å². The molecule has 0 aromatic rings. The van der Waals surface area contributed by atoms with Crippen LogP contribution in [0.3, 0.4) is 0 Å². The fourth-order valence-corrected chi connectivity index (χ4v) is 2.97. The zero-order valence-corrected chi connectivity index (χ0v) is 11.9. The highest BCUT2D eigenvalue weighted by molar-refractivity contribution is 7.48. The Kier molecular flexibility index (Phi) is 6.86. The van der Waals surface area contributed by atoms with E-state index in [2.05, 4.69) is 5.48 Å². The van der Waals surface area contributed by atoms with Gasteiger partial charge in [0.25, 0.3) is 0 Å². The molecule has 0 heterocycles. The molecular formula is C11H22NO5P. The molecule has 0 unspecified atom stereocenters. The third kappa shape index (κ3) is 5.06. The number of hydroxylamine groups is 1. The van der Waals surface area contributed by atoms with Crippen LogP contribution in [-0.4, -0.2) is 19.1 Å². The van der Waals surface area contributed by atoms with E-state index in [1.165, 1.54) is 6.42 Å². The zero-order valence-electron chi connectivity index (χ0n) is 11.0. The first-order chi connectivity index (χ1) is 8.61. The van der Waals surface area contributed by atoms with Crippen LogP contribution in [0.1, 0.15) is 46.0 Å². The van der Waals surface area contributed by atoms with Gasteiger partial charge in [0, 0.05) is 5.92 Å². The predicted molar refractivity (Wildman–Crippen MR) is 66.7 cm³/mol. The summed E-state index contributed by atoms with van der Waals surface area (Å²) >= 11 is 0. The molecule has 0 saturated heterocycles. The standard InChI is InChI=1S/C11H22NO5P/c1-3-15-18(14,16-4-2)17-12-11(13)10-8-6-5-7-9-10/h10H,3-9H2,1-2H3,(H,12,13). The molecule has 1 fully saturated rings. The molecular weight excluding hydrogens is 257 g/mol. The molecule has 0 radical (unpaired) electrons. The zero-order chi connectivity index (χ0) is 13.4. The van der Waals surface area contributed by atoms with Crippen molar-refractivity contribution in [2.45, 2.75) is 46.0 Å². The molecule has 1 aliphatic carbocycles. The fourth-order valence-electron chi connectivity index (χ4n) is 1.96. The summed E-state index contributed by atoms with van der Waals surface area (Å²) in [5.74, 6) is -0.301. The van der Waals surface area contributed by atoms with Gasteiger partial charge in [-0.15, -0.1) is 0 Å². The molecule has 106 valence electrons. The lowest BCUT2D eigenvalue weighted by Crippen LogP contribution is -2.31. The lowest BCUT2D eigenvalue weighted by atomic mass is 9.89. The van der Waals surface area contributed by atoms with Crippen molar-refractivity contribution >= 4 is 13.7 Å². The normalized spacial score (nSPS) is 17.7. The molecule has 18 heavy (non-hydrogen) atoms. The summed E-state index contributed by atoms with van der Waals surface area (Å²) in [5, 5.41) is 0. The van der Waals surface area contributed by atoms with Gasteiger partial charge in [-0.1, -0.05) is 19.3 Å². The second kappa shape index (κ2) is 7.89.